The van der Waals surface area contributed by atoms with E-state index < -0.39 is 5.41 Å². The topological polar surface area (TPSA) is 86.9 Å². The second-order valence-corrected chi connectivity index (χ2v) is 4.60. The van der Waals surface area contributed by atoms with Crippen LogP contribution in [0.5, 0.6) is 0 Å². The van der Waals surface area contributed by atoms with Crippen LogP contribution in [0.25, 0.3) is 0 Å². The van der Waals surface area contributed by atoms with Gasteiger partial charge in [0.1, 0.15) is 0 Å². The van der Waals surface area contributed by atoms with Crippen molar-refractivity contribution in [1.29, 1.82) is 0 Å². The minimum absolute atomic E-state index is 0.0655. The molecule has 1 atom stereocenters. The molecule has 0 aliphatic carbocycles. The summed E-state index contributed by atoms with van der Waals surface area (Å²) in [4.78, 5) is 22.9. The molecule has 6 nitrogen and oxygen atoms in total. The molecule has 92 valence electrons. The standard InChI is InChI=1S/C11H16N4O2/c1-11(5-2-6-12-7-11)10(17)13-8-3-4-9(16)15-14-8/h3-4,12H,2,5-7H2,1H3,(H,15,16)(H,13,14,17). The molecule has 1 aromatic rings. The van der Waals surface area contributed by atoms with E-state index in [2.05, 4.69) is 20.8 Å². The third kappa shape index (κ3) is 2.71. The summed E-state index contributed by atoms with van der Waals surface area (Å²) in [6.45, 7) is 3.56. The molecule has 0 radical (unpaired) electrons. The van der Waals surface area contributed by atoms with Crippen molar-refractivity contribution in [2.75, 3.05) is 18.4 Å². The van der Waals surface area contributed by atoms with E-state index in [9.17, 15) is 9.59 Å². The van der Waals surface area contributed by atoms with Gasteiger partial charge in [-0.05, 0) is 32.4 Å². The van der Waals surface area contributed by atoms with Crippen LogP contribution in [0.4, 0.5) is 5.82 Å². The van der Waals surface area contributed by atoms with Crippen LogP contribution < -0.4 is 16.2 Å². The molecule has 1 aliphatic heterocycles. The zero-order valence-corrected chi connectivity index (χ0v) is 9.75. The third-order valence-electron chi connectivity index (χ3n) is 3.07. The van der Waals surface area contributed by atoms with E-state index in [-0.39, 0.29) is 11.5 Å². The lowest BCUT2D eigenvalue weighted by Crippen LogP contribution is -2.46. The van der Waals surface area contributed by atoms with Gasteiger partial charge in [-0.15, -0.1) is 0 Å². The van der Waals surface area contributed by atoms with E-state index in [0.29, 0.717) is 12.4 Å². The molecule has 3 N–H and O–H groups in total. The van der Waals surface area contributed by atoms with Crippen molar-refractivity contribution in [3.05, 3.63) is 22.5 Å². The van der Waals surface area contributed by atoms with Crippen molar-refractivity contribution in [3.8, 4) is 0 Å². The number of carbonyl (C=O) groups excluding carboxylic acids is 1. The fourth-order valence-corrected chi connectivity index (χ4v) is 1.93. The normalized spacial score (nSPS) is 24.3. The van der Waals surface area contributed by atoms with Gasteiger partial charge in [0.25, 0.3) is 5.56 Å². The van der Waals surface area contributed by atoms with Crippen molar-refractivity contribution in [3.63, 3.8) is 0 Å². The number of anilines is 1. The van der Waals surface area contributed by atoms with Gasteiger partial charge in [0.05, 0.1) is 5.41 Å². The number of hydrogen-bond acceptors (Lipinski definition) is 4. The van der Waals surface area contributed by atoms with E-state index in [0.717, 1.165) is 19.4 Å². The van der Waals surface area contributed by atoms with Gasteiger partial charge in [0, 0.05) is 12.6 Å². The van der Waals surface area contributed by atoms with Crippen molar-refractivity contribution >= 4 is 11.7 Å². The highest BCUT2D eigenvalue weighted by atomic mass is 16.2. The first-order valence-electron chi connectivity index (χ1n) is 5.68. The SMILES string of the molecule is CC1(C(=O)Nc2ccc(=O)[nH]n2)CCCNC1. The van der Waals surface area contributed by atoms with Crippen LogP contribution in [0.1, 0.15) is 19.8 Å². The Balaban J connectivity index is 2.05. The van der Waals surface area contributed by atoms with Gasteiger partial charge < -0.3 is 10.6 Å². The molecular weight excluding hydrogens is 220 g/mol. The Kier molecular flexibility index (Phi) is 3.23. The first-order chi connectivity index (χ1) is 8.10. The molecule has 1 fully saturated rings. The zero-order valence-electron chi connectivity index (χ0n) is 9.75. The lowest BCUT2D eigenvalue weighted by Gasteiger charge is -2.32. The molecule has 1 aliphatic rings. The lowest BCUT2D eigenvalue weighted by atomic mass is 9.82. The van der Waals surface area contributed by atoms with Crippen LogP contribution in [0.2, 0.25) is 0 Å². The molecule has 1 unspecified atom stereocenters. The third-order valence-corrected chi connectivity index (χ3v) is 3.07. The Morgan fingerprint density at radius 2 is 2.35 bits per heavy atom. The average Bonchev–Trinajstić information content (AvgIpc) is 2.33. The Bertz CT molecular complexity index is 442. The summed E-state index contributed by atoms with van der Waals surface area (Å²) in [6, 6.07) is 2.83. The number of aromatic nitrogens is 2. The van der Waals surface area contributed by atoms with Gasteiger partial charge in [-0.25, -0.2) is 5.10 Å². The molecule has 17 heavy (non-hydrogen) atoms. The molecule has 0 aromatic carbocycles. The van der Waals surface area contributed by atoms with E-state index in [4.69, 9.17) is 0 Å². The quantitative estimate of drug-likeness (QED) is 0.679. The van der Waals surface area contributed by atoms with Gasteiger partial charge in [0.2, 0.25) is 5.91 Å². The van der Waals surface area contributed by atoms with Crippen molar-refractivity contribution in [1.82, 2.24) is 15.5 Å². The average molecular weight is 236 g/mol. The first kappa shape index (κ1) is 11.8. The first-order valence-corrected chi connectivity index (χ1v) is 5.68. The van der Waals surface area contributed by atoms with Crippen LogP contribution in [0, 0.1) is 5.41 Å². The molecule has 0 saturated carbocycles. The van der Waals surface area contributed by atoms with Crippen LogP contribution in [-0.4, -0.2) is 29.2 Å². The van der Waals surface area contributed by atoms with Gasteiger partial charge in [-0.2, -0.15) is 5.10 Å². The molecule has 2 rings (SSSR count). The number of hydrogen-bond donors (Lipinski definition) is 3. The summed E-state index contributed by atoms with van der Waals surface area (Å²) in [7, 11) is 0. The fraction of sp³-hybridized carbons (Fsp3) is 0.545. The van der Waals surface area contributed by atoms with Crippen molar-refractivity contribution in [2.45, 2.75) is 19.8 Å². The maximum absolute atomic E-state index is 12.1. The maximum atomic E-state index is 12.1. The molecule has 1 aromatic heterocycles. The van der Waals surface area contributed by atoms with Crippen LogP contribution in [-0.2, 0) is 4.79 Å². The molecule has 1 saturated heterocycles. The molecule has 0 spiro atoms. The van der Waals surface area contributed by atoms with Crippen LogP contribution >= 0.6 is 0 Å². The van der Waals surface area contributed by atoms with E-state index >= 15 is 0 Å². The predicted molar refractivity (Wildman–Crippen MR) is 63.7 cm³/mol. The van der Waals surface area contributed by atoms with Gasteiger partial charge >= 0.3 is 0 Å². The Hall–Kier alpha value is -1.69. The highest BCUT2D eigenvalue weighted by Gasteiger charge is 2.34. The van der Waals surface area contributed by atoms with E-state index in [1.54, 1.807) is 0 Å². The predicted octanol–water partition coefficient (Wildman–Crippen LogP) is 0.0981. The molecule has 0 bridgehead atoms. The monoisotopic (exact) mass is 236 g/mol. The minimum atomic E-state index is -0.407. The van der Waals surface area contributed by atoms with Crippen LogP contribution in [0.3, 0.4) is 0 Å². The van der Waals surface area contributed by atoms with Crippen molar-refractivity contribution in [2.24, 2.45) is 5.41 Å². The molecule has 1 amide bonds. The summed E-state index contributed by atoms with van der Waals surface area (Å²) in [6.07, 6.45) is 1.85. The summed E-state index contributed by atoms with van der Waals surface area (Å²) in [5.74, 6) is 0.311. The lowest BCUT2D eigenvalue weighted by molar-refractivity contribution is -0.125. The Morgan fingerprint density at radius 3 is 2.94 bits per heavy atom. The minimum Gasteiger partial charge on any atom is -0.316 e. The summed E-state index contributed by atoms with van der Waals surface area (Å²) in [5, 5.41) is 12.0. The summed E-state index contributed by atoms with van der Waals surface area (Å²) in [5.41, 5.74) is -0.690. The second-order valence-electron chi connectivity index (χ2n) is 4.60. The largest absolute Gasteiger partial charge is 0.316 e. The number of aromatic amines is 1. The maximum Gasteiger partial charge on any atom is 0.264 e. The fourth-order valence-electron chi connectivity index (χ4n) is 1.93. The number of H-pyrrole nitrogens is 1. The Morgan fingerprint density at radius 1 is 1.53 bits per heavy atom. The number of nitrogens with one attached hydrogen (secondary N) is 3. The number of amides is 1. The smallest absolute Gasteiger partial charge is 0.264 e. The van der Waals surface area contributed by atoms with Crippen LogP contribution in [0.15, 0.2) is 16.9 Å². The number of piperidine rings is 1. The highest BCUT2D eigenvalue weighted by Crippen LogP contribution is 2.26. The highest BCUT2D eigenvalue weighted by molar-refractivity contribution is 5.94. The Labute approximate surface area is 98.8 Å². The summed E-state index contributed by atoms with van der Waals surface area (Å²) >= 11 is 0. The number of rotatable bonds is 2. The van der Waals surface area contributed by atoms with Gasteiger partial charge in [-0.1, -0.05) is 0 Å². The van der Waals surface area contributed by atoms with E-state index in [1.807, 2.05) is 6.92 Å². The van der Waals surface area contributed by atoms with Crippen molar-refractivity contribution < 1.29 is 4.79 Å². The van der Waals surface area contributed by atoms with Gasteiger partial charge in [-0.3, -0.25) is 9.59 Å². The number of nitrogens with zero attached hydrogens (tertiary/aromatic N) is 1. The molecule has 6 heteroatoms. The zero-order chi connectivity index (χ0) is 12.3. The second kappa shape index (κ2) is 4.67. The van der Waals surface area contributed by atoms with E-state index in [1.165, 1.54) is 12.1 Å². The molecular formula is C11H16N4O2. The van der Waals surface area contributed by atoms with Gasteiger partial charge in [0.15, 0.2) is 5.82 Å². The summed E-state index contributed by atoms with van der Waals surface area (Å²) < 4.78 is 0. The number of carbonyl (C=O) groups is 1. The molecule has 2 heterocycles.